The Morgan fingerprint density at radius 2 is 2.20 bits per heavy atom. The number of likely N-dealkylation sites (N-methyl/N-ethyl adjacent to an activating group) is 1. The Hall–Kier alpha value is -2.01. The van der Waals surface area contributed by atoms with Crippen LogP contribution in [0.4, 0.5) is 11.4 Å². The first-order chi connectivity index (χ1) is 9.61. The highest BCUT2D eigenvalue weighted by molar-refractivity contribution is 7.09. The van der Waals surface area contributed by atoms with Crippen LogP contribution < -0.4 is 10.6 Å². The minimum absolute atomic E-state index is 0.223. The number of carbonyl (C=O) groups is 1. The molecule has 0 aliphatic heterocycles. The molecule has 0 aliphatic rings. The van der Waals surface area contributed by atoms with Gasteiger partial charge >= 0.3 is 5.97 Å². The molecular weight excluding hydrogens is 272 g/mol. The molecule has 1 aromatic heterocycles. The van der Waals surface area contributed by atoms with Crippen LogP contribution >= 0.6 is 11.3 Å². The number of nitrogens with two attached hydrogens (primary N) is 1. The van der Waals surface area contributed by atoms with E-state index in [9.17, 15) is 4.79 Å². The summed E-state index contributed by atoms with van der Waals surface area (Å²) in [5.74, 6) is -0.954. The van der Waals surface area contributed by atoms with Gasteiger partial charge in [0.05, 0.1) is 16.9 Å². The zero-order chi connectivity index (χ0) is 14.5. The number of hydrogen-bond acceptors (Lipinski definition) is 4. The summed E-state index contributed by atoms with van der Waals surface area (Å²) in [6.45, 7) is 3.77. The Morgan fingerprint density at radius 1 is 1.40 bits per heavy atom. The molecule has 3 N–H and O–H groups in total. The molecule has 0 bridgehead atoms. The van der Waals surface area contributed by atoms with Crippen LogP contribution in [0.25, 0.3) is 0 Å². The van der Waals surface area contributed by atoms with Crippen molar-refractivity contribution >= 4 is 28.7 Å². The summed E-state index contributed by atoms with van der Waals surface area (Å²) in [6, 6.07) is 9.08. The lowest BCUT2D eigenvalue weighted by Crippen LogP contribution is -2.26. The largest absolute Gasteiger partial charge is 0.478 e. The van der Waals surface area contributed by atoms with Gasteiger partial charge in [0.25, 0.3) is 0 Å². The second kappa shape index (κ2) is 6.43. The number of rotatable bonds is 6. The van der Waals surface area contributed by atoms with Gasteiger partial charge in [0.1, 0.15) is 0 Å². The Morgan fingerprint density at radius 3 is 2.75 bits per heavy atom. The van der Waals surface area contributed by atoms with Crippen LogP contribution in [0.2, 0.25) is 0 Å². The van der Waals surface area contributed by atoms with Crippen molar-refractivity contribution in [2.24, 2.45) is 0 Å². The van der Waals surface area contributed by atoms with Crippen LogP contribution in [-0.4, -0.2) is 24.2 Å². The summed E-state index contributed by atoms with van der Waals surface area (Å²) in [4.78, 5) is 14.4. The molecule has 1 aromatic carbocycles. The molecule has 4 nitrogen and oxygen atoms in total. The van der Waals surface area contributed by atoms with Crippen molar-refractivity contribution < 1.29 is 9.90 Å². The van der Waals surface area contributed by atoms with Crippen LogP contribution in [0.3, 0.4) is 0 Å². The number of hydrogen-bond donors (Lipinski definition) is 2. The van der Waals surface area contributed by atoms with Crippen LogP contribution in [0.15, 0.2) is 35.7 Å². The van der Waals surface area contributed by atoms with Crippen molar-refractivity contribution in [3.05, 3.63) is 46.2 Å². The fourth-order valence-electron chi connectivity index (χ4n) is 2.12. The molecular formula is C15H18N2O2S. The van der Waals surface area contributed by atoms with E-state index in [0.717, 1.165) is 25.2 Å². The number of benzene rings is 1. The van der Waals surface area contributed by atoms with Gasteiger partial charge in [-0.05, 0) is 43.0 Å². The van der Waals surface area contributed by atoms with Crippen molar-refractivity contribution in [2.75, 3.05) is 23.7 Å². The van der Waals surface area contributed by atoms with Gasteiger partial charge < -0.3 is 15.7 Å². The van der Waals surface area contributed by atoms with Gasteiger partial charge in [-0.15, -0.1) is 11.3 Å². The van der Waals surface area contributed by atoms with E-state index in [0.29, 0.717) is 5.69 Å². The van der Waals surface area contributed by atoms with Gasteiger partial charge in [-0.25, -0.2) is 4.79 Å². The maximum atomic E-state index is 10.9. The fourth-order valence-corrected chi connectivity index (χ4v) is 2.82. The molecule has 0 fully saturated rings. The first kappa shape index (κ1) is 14.4. The topological polar surface area (TPSA) is 66.6 Å². The normalized spacial score (nSPS) is 10.4. The van der Waals surface area contributed by atoms with E-state index in [1.165, 1.54) is 10.9 Å². The van der Waals surface area contributed by atoms with Crippen molar-refractivity contribution in [1.82, 2.24) is 0 Å². The van der Waals surface area contributed by atoms with Crippen molar-refractivity contribution in [3.63, 3.8) is 0 Å². The Kier molecular flexibility index (Phi) is 4.63. The molecule has 106 valence electrons. The van der Waals surface area contributed by atoms with E-state index in [4.69, 9.17) is 10.8 Å². The van der Waals surface area contributed by atoms with Crippen LogP contribution in [0.1, 0.15) is 22.2 Å². The average Bonchev–Trinajstić information content (AvgIpc) is 2.93. The number of thiophene rings is 1. The van der Waals surface area contributed by atoms with E-state index in [2.05, 4.69) is 23.3 Å². The van der Waals surface area contributed by atoms with Crippen LogP contribution in [0, 0.1) is 0 Å². The van der Waals surface area contributed by atoms with E-state index in [1.54, 1.807) is 23.5 Å². The standard InChI is InChI=1S/C15H18N2O2S/c1-2-17(8-7-12-4-3-9-20-12)14-6-5-11(15(18)19)10-13(14)16/h3-6,9-10H,2,7-8,16H2,1H3,(H,18,19). The summed E-state index contributed by atoms with van der Waals surface area (Å²) in [7, 11) is 0. The van der Waals surface area contributed by atoms with Crippen molar-refractivity contribution in [3.8, 4) is 0 Å². The number of carboxylic acid groups (broad SMARTS) is 1. The summed E-state index contributed by atoms with van der Waals surface area (Å²) in [5, 5.41) is 11.0. The Bertz CT molecular complexity index is 582. The highest BCUT2D eigenvalue weighted by Gasteiger charge is 2.11. The maximum absolute atomic E-state index is 10.9. The number of nitrogen functional groups attached to an aromatic ring is 1. The second-order valence-corrected chi connectivity index (χ2v) is 5.52. The third kappa shape index (κ3) is 3.30. The fraction of sp³-hybridized carbons (Fsp3) is 0.267. The maximum Gasteiger partial charge on any atom is 0.335 e. The minimum atomic E-state index is -0.954. The van der Waals surface area contributed by atoms with E-state index in [1.807, 2.05) is 6.07 Å². The zero-order valence-corrected chi connectivity index (χ0v) is 12.2. The van der Waals surface area contributed by atoms with Crippen molar-refractivity contribution in [2.45, 2.75) is 13.3 Å². The van der Waals surface area contributed by atoms with Crippen LogP contribution in [0.5, 0.6) is 0 Å². The van der Waals surface area contributed by atoms with Gasteiger partial charge in [-0.2, -0.15) is 0 Å². The van der Waals surface area contributed by atoms with E-state index in [-0.39, 0.29) is 5.56 Å². The molecule has 0 aliphatic carbocycles. The number of carboxylic acids is 1. The quantitative estimate of drug-likeness (QED) is 0.802. The predicted molar refractivity (Wildman–Crippen MR) is 83.7 cm³/mol. The van der Waals surface area contributed by atoms with Gasteiger partial charge in [0.2, 0.25) is 0 Å². The van der Waals surface area contributed by atoms with E-state index < -0.39 is 5.97 Å². The van der Waals surface area contributed by atoms with Gasteiger partial charge in [0, 0.05) is 18.0 Å². The molecule has 0 unspecified atom stereocenters. The minimum Gasteiger partial charge on any atom is -0.478 e. The lowest BCUT2D eigenvalue weighted by Gasteiger charge is -2.24. The van der Waals surface area contributed by atoms with Gasteiger partial charge in [0.15, 0.2) is 0 Å². The Labute approximate surface area is 122 Å². The van der Waals surface area contributed by atoms with Crippen LogP contribution in [-0.2, 0) is 6.42 Å². The monoisotopic (exact) mass is 290 g/mol. The molecule has 0 radical (unpaired) electrons. The third-order valence-electron chi connectivity index (χ3n) is 3.21. The summed E-state index contributed by atoms with van der Waals surface area (Å²) in [5.41, 5.74) is 7.61. The number of anilines is 2. The van der Waals surface area contributed by atoms with E-state index >= 15 is 0 Å². The molecule has 0 saturated heterocycles. The number of nitrogens with zero attached hydrogens (tertiary/aromatic N) is 1. The Balaban J connectivity index is 2.12. The first-order valence-electron chi connectivity index (χ1n) is 6.52. The molecule has 20 heavy (non-hydrogen) atoms. The molecule has 5 heteroatoms. The lowest BCUT2D eigenvalue weighted by molar-refractivity contribution is 0.0697. The zero-order valence-electron chi connectivity index (χ0n) is 11.4. The SMILES string of the molecule is CCN(CCc1cccs1)c1ccc(C(=O)O)cc1N. The smallest absolute Gasteiger partial charge is 0.335 e. The molecule has 1 heterocycles. The molecule has 0 saturated carbocycles. The summed E-state index contributed by atoms with van der Waals surface area (Å²) >= 11 is 1.75. The third-order valence-corrected chi connectivity index (χ3v) is 4.14. The summed E-state index contributed by atoms with van der Waals surface area (Å²) < 4.78 is 0. The number of aromatic carboxylic acids is 1. The van der Waals surface area contributed by atoms with Crippen molar-refractivity contribution in [1.29, 1.82) is 0 Å². The second-order valence-electron chi connectivity index (χ2n) is 4.49. The summed E-state index contributed by atoms with van der Waals surface area (Å²) in [6.07, 6.45) is 0.964. The highest BCUT2D eigenvalue weighted by Crippen LogP contribution is 2.25. The highest BCUT2D eigenvalue weighted by atomic mass is 32.1. The average molecular weight is 290 g/mol. The molecule has 2 aromatic rings. The first-order valence-corrected chi connectivity index (χ1v) is 7.40. The predicted octanol–water partition coefficient (Wildman–Crippen LogP) is 3.10. The molecule has 0 amide bonds. The molecule has 0 spiro atoms. The van der Waals surface area contributed by atoms with Gasteiger partial charge in [-0.3, -0.25) is 0 Å². The molecule has 2 rings (SSSR count). The lowest BCUT2D eigenvalue weighted by atomic mass is 10.1. The molecule has 0 atom stereocenters. The van der Waals surface area contributed by atoms with Gasteiger partial charge in [-0.1, -0.05) is 6.07 Å².